The van der Waals surface area contributed by atoms with Gasteiger partial charge in [-0.1, -0.05) is 31.9 Å². The molecule has 1 aromatic carbocycles. The van der Waals surface area contributed by atoms with E-state index in [1.807, 2.05) is 23.9 Å². The Hall–Kier alpha value is -0.750. The first kappa shape index (κ1) is 23.3. The smallest absolute Gasteiger partial charge is 0.270 e. The molecule has 0 fully saturated rings. The van der Waals surface area contributed by atoms with Crippen molar-refractivity contribution in [1.29, 1.82) is 0 Å². The van der Waals surface area contributed by atoms with Crippen LogP contribution in [0.25, 0.3) is 0 Å². The summed E-state index contributed by atoms with van der Waals surface area (Å²) in [5.41, 5.74) is 0.220. The van der Waals surface area contributed by atoms with E-state index in [4.69, 9.17) is 0 Å². The van der Waals surface area contributed by atoms with Crippen molar-refractivity contribution in [1.82, 2.24) is 9.21 Å². The van der Waals surface area contributed by atoms with Crippen LogP contribution in [0.15, 0.2) is 23.1 Å². The monoisotopic (exact) mass is 514 g/mol. The highest BCUT2D eigenvalue weighted by molar-refractivity contribution is 9.09. The van der Waals surface area contributed by atoms with Gasteiger partial charge in [-0.2, -0.15) is 4.31 Å². The van der Waals surface area contributed by atoms with Gasteiger partial charge >= 0.3 is 0 Å². The minimum absolute atomic E-state index is 0.0464. The van der Waals surface area contributed by atoms with E-state index in [0.29, 0.717) is 36.0 Å². The number of nitro groups is 1. The predicted molar refractivity (Wildman–Crippen MR) is 111 cm³/mol. The molecule has 0 bridgehead atoms. The second-order valence-corrected chi connectivity index (χ2v) is 9.50. The summed E-state index contributed by atoms with van der Waals surface area (Å²) in [4.78, 5) is 14.3. The van der Waals surface area contributed by atoms with E-state index in [9.17, 15) is 18.5 Å². The zero-order chi connectivity index (χ0) is 19.9. The lowest BCUT2D eigenvalue weighted by molar-refractivity contribution is -0.385. The van der Waals surface area contributed by atoms with E-state index >= 15 is 0 Å². The van der Waals surface area contributed by atoms with Gasteiger partial charge in [0.1, 0.15) is 4.90 Å². The fourth-order valence-electron chi connectivity index (χ4n) is 2.27. The molecule has 0 N–H and O–H groups in total. The zero-order valence-electron chi connectivity index (χ0n) is 15.1. The lowest BCUT2D eigenvalue weighted by Crippen LogP contribution is -2.35. The highest BCUT2D eigenvalue weighted by Gasteiger charge is 2.28. The molecule has 0 unspecified atom stereocenters. The molecule has 0 aliphatic rings. The van der Waals surface area contributed by atoms with E-state index in [1.54, 1.807) is 0 Å². The summed E-state index contributed by atoms with van der Waals surface area (Å²) in [6.07, 6.45) is 0. The Morgan fingerprint density at radius 1 is 1.04 bits per heavy atom. The van der Waals surface area contributed by atoms with E-state index in [2.05, 4.69) is 31.9 Å². The number of nitro benzene ring substituents is 1. The number of likely N-dealkylation sites (N-methyl/N-ethyl adjacent to an activating group) is 2. The second-order valence-electron chi connectivity index (χ2n) is 5.90. The summed E-state index contributed by atoms with van der Waals surface area (Å²) in [5.74, 6) is 0. The predicted octanol–water partition coefficient (Wildman–Crippen LogP) is 2.37. The number of hydrogen-bond donors (Lipinski definition) is 0. The average molecular weight is 516 g/mol. The molecule has 0 aliphatic heterocycles. The van der Waals surface area contributed by atoms with Crippen molar-refractivity contribution >= 4 is 53.3 Å². The number of non-ortho nitro benzene ring substituents is 1. The Kier molecular flexibility index (Phi) is 9.45. The average Bonchev–Trinajstić information content (AvgIpc) is 2.58. The molecule has 148 valence electrons. The van der Waals surface area contributed by atoms with Crippen LogP contribution in [0.1, 0.15) is 0 Å². The third-order valence-electron chi connectivity index (χ3n) is 3.75. The molecule has 0 radical (unpaired) electrons. The summed E-state index contributed by atoms with van der Waals surface area (Å²) in [7, 11) is 1.32. The van der Waals surface area contributed by atoms with Crippen molar-refractivity contribution in [3.05, 3.63) is 28.3 Å². The van der Waals surface area contributed by atoms with Gasteiger partial charge in [-0.3, -0.25) is 10.1 Å². The maximum atomic E-state index is 13.1. The van der Waals surface area contributed by atoms with Gasteiger partial charge in [0, 0.05) is 56.0 Å². The number of benzene rings is 1. The van der Waals surface area contributed by atoms with Crippen LogP contribution < -0.4 is 4.90 Å². The van der Waals surface area contributed by atoms with Crippen molar-refractivity contribution in [2.24, 2.45) is 0 Å². The molecule has 0 amide bonds. The topological polar surface area (TPSA) is 87.0 Å². The Labute approximate surface area is 171 Å². The number of rotatable bonds is 11. The minimum atomic E-state index is -3.87. The van der Waals surface area contributed by atoms with E-state index in [0.717, 1.165) is 6.07 Å². The maximum absolute atomic E-state index is 13.1. The molecule has 8 nitrogen and oxygen atoms in total. The van der Waals surface area contributed by atoms with Crippen LogP contribution in [0.2, 0.25) is 0 Å². The van der Waals surface area contributed by atoms with Crippen LogP contribution in [0.4, 0.5) is 11.4 Å². The third-order valence-corrected chi connectivity index (χ3v) is 6.35. The Morgan fingerprint density at radius 3 is 2.08 bits per heavy atom. The largest absolute Gasteiger partial charge is 0.369 e. The zero-order valence-corrected chi connectivity index (χ0v) is 19.0. The normalized spacial score (nSPS) is 12.0. The molecule has 0 heterocycles. The Morgan fingerprint density at radius 2 is 1.62 bits per heavy atom. The van der Waals surface area contributed by atoms with Gasteiger partial charge in [-0.25, -0.2) is 8.42 Å². The number of halogens is 2. The summed E-state index contributed by atoms with van der Waals surface area (Å²) >= 11 is 6.74. The number of nitrogens with zero attached hydrogens (tertiary/aromatic N) is 4. The van der Waals surface area contributed by atoms with E-state index in [1.165, 1.54) is 23.5 Å². The van der Waals surface area contributed by atoms with E-state index in [-0.39, 0.29) is 17.1 Å². The Bertz CT molecular complexity index is 710. The second kappa shape index (κ2) is 10.5. The van der Waals surface area contributed by atoms with Gasteiger partial charge in [0.25, 0.3) is 5.69 Å². The highest BCUT2D eigenvalue weighted by Crippen LogP contribution is 2.31. The van der Waals surface area contributed by atoms with Crippen molar-refractivity contribution in [3.8, 4) is 0 Å². The van der Waals surface area contributed by atoms with Gasteiger partial charge in [0.2, 0.25) is 10.0 Å². The standard InChI is InChI=1S/C15H24Br2N4O4S/c1-18(2)10-11-19(3)26(24,25)15-12-13(21(22)23)4-5-14(15)20(8-6-16)9-7-17/h4-5,12H,6-11H2,1-3H3. The van der Waals surface area contributed by atoms with Crippen molar-refractivity contribution in [2.75, 3.05) is 62.9 Å². The third kappa shape index (κ3) is 6.15. The first-order valence-electron chi connectivity index (χ1n) is 7.91. The summed E-state index contributed by atoms with van der Waals surface area (Å²) in [5, 5.41) is 12.5. The first-order valence-corrected chi connectivity index (χ1v) is 11.6. The lowest BCUT2D eigenvalue weighted by Gasteiger charge is -2.27. The summed E-state index contributed by atoms with van der Waals surface area (Å²) in [6, 6.07) is 3.99. The van der Waals surface area contributed by atoms with E-state index < -0.39 is 14.9 Å². The molecule has 1 aromatic rings. The number of sulfonamides is 1. The molecule has 11 heteroatoms. The molecule has 26 heavy (non-hydrogen) atoms. The molecule has 1 rings (SSSR count). The molecule has 0 aromatic heterocycles. The quantitative estimate of drug-likeness (QED) is 0.255. The van der Waals surface area contributed by atoms with Gasteiger partial charge < -0.3 is 9.80 Å². The summed E-state index contributed by atoms with van der Waals surface area (Å²) in [6.45, 7) is 1.99. The van der Waals surface area contributed by atoms with Crippen molar-refractivity contribution < 1.29 is 13.3 Å². The molecule has 0 saturated heterocycles. The van der Waals surface area contributed by atoms with Crippen LogP contribution in [0.5, 0.6) is 0 Å². The molecular weight excluding hydrogens is 492 g/mol. The van der Waals surface area contributed by atoms with Crippen LogP contribution >= 0.6 is 31.9 Å². The fraction of sp³-hybridized carbons (Fsp3) is 0.600. The lowest BCUT2D eigenvalue weighted by atomic mass is 10.2. The van der Waals surface area contributed by atoms with Gasteiger partial charge in [-0.15, -0.1) is 0 Å². The van der Waals surface area contributed by atoms with Crippen LogP contribution in [0, 0.1) is 10.1 Å². The highest BCUT2D eigenvalue weighted by atomic mass is 79.9. The maximum Gasteiger partial charge on any atom is 0.270 e. The molecule has 0 saturated carbocycles. The molecule has 0 aliphatic carbocycles. The number of hydrogen-bond acceptors (Lipinski definition) is 6. The fourth-order valence-corrected chi connectivity index (χ4v) is 4.51. The van der Waals surface area contributed by atoms with Gasteiger partial charge in [-0.05, 0) is 20.2 Å². The van der Waals surface area contributed by atoms with Crippen LogP contribution in [0.3, 0.4) is 0 Å². The van der Waals surface area contributed by atoms with Crippen LogP contribution in [-0.4, -0.2) is 80.5 Å². The summed E-state index contributed by atoms with van der Waals surface area (Å²) < 4.78 is 27.4. The first-order chi connectivity index (χ1) is 12.1. The molecular formula is C15H24Br2N4O4S. The van der Waals surface area contributed by atoms with Gasteiger partial charge in [0.15, 0.2) is 0 Å². The molecule has 0 atom stereocenters. The van der Waals surface area contributed by atoms with Crippen molar-refractivity contribution in [2.45, 2.75) is 4.90 Å². The minimum Gasteiger partial charge on any atom is -0.369 e. The SMILES string of the molecule is CN(C)CCN(C)S(=O)(=O)c1cc([N+](=O)[O-])ccc1N(CCBr)CCBr. The number of alkyl halides is 2. The number of anilines is 1. The molecule has 0 spiro atoms. The van der Waals surface area contributed by atoms with Crippen LogP contribution in [-0.2, 0) is 10.0 Å². The van der Waals surface area contributed by atoms with Crippen molar-refractivity contribution in [3.63, 3.8) is 0 Å². The van der Waals surface area contributed by atoms with Gasteiger partial charge in [0.05, 0.1) is 10.6 Å². The Balaban J connectivity index is 3.43.